The van der Waals surface area contributed by atoms with Crippen LogP contribution in [0.2, 0.25) is 0 Å². The second kappa shape index (κ2) is 4.93. The molecule has 1 heterocycles. The van der Waals surface area contributed by atoms with Gasteiger partial charge >= 0.3 is 0 Å². The number of carbonyl (C=O) groups excluding carboxylic acids is 1. The Morgan fingerprint density at radius 1 is 1.72 bits per heavy atom. The summed E-state index contributed by atoms with van der Waals surface area (Å²) < 4.78 is 0. The number of hydrogen-bond donors (Lipinski definition) is 2. The number of thiazole rings is 1. The molecule has 0 atom stereocenters. The number of hydrogen-bond acceptors (Lipinski definition) is 5. The average Bonchev–Trinajstić information content (AvgIpc) is 2.79. The van der Waals surface area contributed by atoms with Gasteiger partial charge in [0.25, 0.3) is 0 Å². The third kappa shape index (κ3) is 2.05. The zero-order chi connectivity index (χ0) is 13.2. The second-order valence-corrected chi connectivity index (χ2v) is 5.28. The summed E-state index contributed by atoms with van der Waals surface area (Å²) in [6.45, 7) is 0.447. The maximum atomic E-state index is 12.4. The zero-order valence-corrected chi connectivity index (χ0v) is 11.0. The Labute approximate surface area is 109 Å². The minimum atomic E-state index is -0.806. The number of amides is 1. The van der Waals surface area contributed by atoms with Crippen LogP contribution in [-0.2, 0) is 11.3 Å². The van der Waals surface area contributed by atoms with E-state index in [2.05, 4.69) is 10.1 Å². The number of aromatic nitrogens is 1. The summed E-state index contributed by atoms with van der Waals surface area (Å²) in [6, 6.07) is 0. The summed E-state index contributed by atoms with van der Waals surface area (Å²) in [7, 11) is 1.71. The highest BCUT2D eigenvalue weighted by Gasteiger charge is 2.49. The van der Waals surface area contributed by atoms with Crippen LogP contribution in [0.15, 0.2) is 16.0 Å². The third-order valence-corrected chi connectivity index (χ3v) is 4.08. The number of nitrogens with zero attached hydrogens (tertiary/aromatic N) is 3. The van der Waals surface area contributed by atoms with Crippen LogP contribution in [-0.4, -0.2) is 33.9 Å². The standard InChI is InChI=1S/C11H16N4O2S/c1-15(5-8-6-18-7-13-8)10(16)11(3-2-4-11)9(12)14-17/h6-7,17H,2-5H2,1H3,(H2,12,14). The van der Waals surface area contributed by atoms with Gasteiger partial charge in [-0.15, -0.1) is 11.3 Å². The maximum Gasteiger partial charge on any atom is 0.236 e. The van der Waals surface area contributed by atoms with Gasteiger partial charge in [0, 0.05) is 12.4 Å². The molecule has 7 heteroatoms. The first-order chi connectivity index (χ1) is 8.60. The molecule has 1 fully saturated rings. The van der Waals surface area contributed by atoms with Gasteiger partial charge in [-0.05, 0) is 12.8 Å². The molecule has 0 bridgehead atoms. The largest absolute Gasteiger partial charge is 0.409 e. The van der Waals surface area contributed by atoms with E-state index in [9.17, 15) is 4.79 Å². The van der Waals surface area contributed by atoms with Crippen LogP contribution in [0.4, 0.5) is 0 Å². The van der Waals surface area contributed by atoms with Crippen molar-refractivity contribution >= 4 is 23.1 Å². The van der Waals surface area contributed by atoms with Gasteiger partial charge in [-0.1, -0.05) is 11.6 Å². The summed E-state index contributed by atoms with van der Waals surface area (Å²) in [4.78, 5) is 18.1. The van der Waals surface area contributed by atoms with E-state index in [0.29, 0.717) is 19.4 Å². The lowest BCUT2D eigenvalue weighted by Gasteiger charge is -2.41. The van der Waals surface area contributed by atoms with Crippen molar-refractivity contribution in [3.63, 3.8) is 0 Å². The van der Waals surface area contributed by atoms with Crippen LogP contribution in [0.25, 0.3) is 0 Å². The average molecular weight is 268 g/mol. The van der Waals surface area contributed by atoms with E-state index in [4.69, 9.17) is 10.9 Å². The molecule has 0 spiro atoms. The van der Waals surface area contributed by atoms with Crippen LogP contribution >= 0.6 is 11.3 Å². The topological polar surface area (TPSA) is 91.8 Å². The molecular formula is C11H16N4O2S. The Morgan fingerprint density at radius 2 is 2.44 bits per heavy atom. The Morgan fingerprint density at radius 3 is 2.89 bits per heavy atom. The van der Waals surface area contributed by atoms with Gasteiger partial charge in [-0.3, -0.25) is 4.79 Å². The molecule has 0 aliphatic heterocycles. The number of carbonyl (C=O) groups is 1. The SMILES string of the molecule is CN(Cc1cscn1)C(=O)C1(C(N)=NO)CCC1. The molecule has 1 aliphatic carbocycles. The lowest BCUT2D eigenvalue weighted by molar-refractivity contribution is -0.141. The van der Waals surface area contributed by atoms with Gasteiger partial charge in [0.2, 0.25) is 5.91 Å². The summed E-state index contributed by atoms with van der Waals surface area (Å²) in [6.07, 6.45) is 2.21. The summed E-state index contributed by atoms with van der Waals surface area (Å²) in [5, 5.41) is 13.7. The van der Waals surface area contributed by atoms with Crippen molar-refractivity contribution < 1.29 is 10.0 Å². The summed E-state index contributed by atoms with van der Waals surface area (Å²) in [5.74, 6) is -0.0825. The molecule has 1 aromatic rings. The minimum absolute atomic E-state index is 0.0175. The van der Waals surface area contributed by atoms with Gasteiger partial charge in [0.05, 0.1) is 17.7 Å². The lowest BCUT2D eigenvalue weighted by Crippen LogP contribution is -2.54. The van der Waals surface area contributed by atoms with Crippen LogP contribution in [0.1, 0.15) is 25.0 Å². The molecule has 18 heavy (non-hydrogen) atoms. The highest BCUT2D eigenvalue weighted by atomic mass is 32.1. The van der Waals surface area contributed by atoms with Crippen molar-refractivity contribution in [1.82, 2.24) is 9.88 Å². The van der Waals surface area contributed by atoms with Gasteiger partial charge in [0.15, 0.2) is 5.84 Å². The predicted octanol–water partition coefficient (Wildman–Crippen LogP) is 1.02. The highest BCUT2D eigenvalue weighted by molar-refractivity contribution is 7.07. The van der Waals surface area contributed by atoms with Crippen molar-refractivity contribution in [1.29, 1.82) is 0 Å². The number of nitrogens with two attached hydrogens (primary N) is 1. The number of oxime groups is 1. The molecule has 0 aromatic carbocycles. The zero-order valence-electron chi connectivity index (χ0n) is 10.2. The molecule has 3 N–H and O–H groups in total. The van der Waals surface area contributed by atoms with E-state index in [0.717, 1.165) is 12.1 Å². The molecule has 1 aliphatic rings. The van der Waals surface area contributed by atoms with E-state index in [1.165, 1.54) is 11.3 Å². The molecule has 1 amide bonds. The fourth-order valence-electron chi connectivity index (χ4n) is 2.20. The van der Waals surface area contributed by atoms with E-state index < -0.39 is 5.41 Å². The lowest BCUT2D eigenvalue weighted by atomic mass is 9.67. The molecule has 6 nitrogen and oxygen atoms in total. The number of rotatable bonds is 4. The Kier molecular flexibility index (Phi) is 3.51. The highest BCUT2D eigenvalue weighted by Crippen LogP contribution is 2.42. The molecule has 2 rings (SSSR count). The summed E-state index contributed by atoms with van der Waals surface area (Å²) >= 11 is 1.49. The molecule has 0 unspecified atom stereocenters. The molecule has 98 valence electrons. The quantitative estimate of drug-likeness (QED) is 0.369. The van der Waals surface area contributed by atoms with Crippen LogP contribution in [0, 0.1) is 5.41 Å². The van der Waals surface area contributed by atoms with E-state index in [1.54, 1.807) is 17.5 Å². The normalized spacial score (nSPS) is 18.2. The Bertz CT molecular complexity index is 454. The van der Waals surface area contributed by atoms with E-state index >= 15 is 0 Å². The van der Waals surface area contributed by atoms with E-state index in [-0.39, 0.29) is 11.7 Å². The first-order valence-corrected chi connectivity index (χ1v) is 6.65. The fraction of sp³-hybridized carbons (Fsp3) is 0.545. The van der Waals surface area contributed by atoms with Gasteiger partial charge in [-0.2, -0.15) is 0 Å². The van der Waals surface area contributed by atoms with Crippen molar-refractivity contribution in [2.24, 2.45) is 16.3 Å². The predicted molar refractivity (Wildman–Crippen MR) is 68.3 cm³/mol. The van der Waals surface area contributed by atoms with Crippen molar-refractivity contribution in [3.8, 4) is 0 Å². The van der Waals surface area contributed by atoms with Crippen molar-refractivity contribution in [3.05, 3.63) is 16.6 Å². The van der Waals surface area contributed by atoms with Crippen molar-refractivity contribution in [2.45, 2.75) is 25.8 Å². The fourth-order valence-corrected chi connectivity index (χ4v) is 2.75. The van der Waals surface area contributed by atoms with Gasteiger partial charge < -0.3 is 15.8 Å². The van der Waals surface area contributed by atoms with Gasteiger partial charge in [0.1, 0.15) is 5.41 Å². The molecular weight excluding hydrogens is 252 g/mol. The Hall–Kier alpha value is -1.63. The molecule has 1 aromatic heterocycles. The number of amidine groups is 1. The van der Waals surface area contributed by atoms with Crippen LogP contribution in [0.3, 0.4) is 0 Å². The first-order valence-electron chi connectivity index (χ1n) is 5.71. The molecule has 0 saturated heterocycles. The maximum absolute atomic E-state index is 12.4. The monoisotopic (exact) mass is 268 g/mol. The smallest absolute Gasteiger partial charge is 0.236 e. The van der Waals surface area contributed by atoms with Gasteiger partial charge in [-0.25, -0.2) is 4.98 Å². The molecule has 1 saturated carbocycles. The Balaban J connectivity index is 2.10. The van der Waals surface area contributed by atoms with Crippen molar-refractivity contribution in [2.75, 3.05) is 7.05 Å². The van der Waals surface area contributed by atoms with E-state index in [1.807, 2.05) is 5.38 Å². The second-order valence-electron chi connectivity index (χ2n) is 4.56. The third-order valence-electron chi connectivity index (χ3n) is 3.44. The van der Waals surface area contributed by atoms with Crippen LogP contribution < -0.4 is 5.73 Å². The first kappa shape index (κ1) is 12.8. The molecule has 0 radical (unpaired) electrons. The van der Waals surface area contributed by atoms with Crippen LogP contribution in [0.5, 0.6) is 0 Å². The summed E-state index contributed by atoms with van der Waals surface area (Å²) in [5.41, 5.74) is 7.44. The minimum Gasteiger partial charge on any atom is -0.409 e.